The SMILES string of the molecule is CN(C)C(=O)Oc1ccc(CC[C@H](N)CCC(C)(C)[S+]=O)cc1OC(F)(F)F. The van der Waals surface area contributed by atoms with E-state index in [9.17, 15) is 22.2 Å². The second kappa shape index (κ2) is 10.0. The lowest BCUT2D eigenvalue weighted by atomic mass is 9.98. The topological polar surface area (TPSA) is 81.9 Å². The van der Waals surface area contributed by atoms with Crippen LogP contribution in [0, 0.1) is 0 Å². The first kappa shape index (κ1) is 24.1. The van der Waals surface area contributed by atoms with Gasteiger partial charge in [-0.05, 0) is 50.8 Å². The first-order valence-electron chi connectivity index (χ1n) is 8.67. The molecule has 0 aliphatic rings. The Labute approximate surface area is 166 Å². The molecule has 0 saturated carbocycles. The molecule has 1 rings (SSSR count). The molecule has 0 radical (unpaired) electrons. The van der Waals surface area contributed by atoms with Gasteiger partial charge in [-0.25, -0.2) is 4.79 Å². The van der Waals surface area contributed by atoms with Crippen molar-refractivity contribution in [2.24, 2.45) is 5.73 Å². The van der Waals surface area contributed by atoms with Crippen LogP contribution in [0.5, 0.6) is 11.5 Å². The molecule has 1 aromatic rings. The van der Waals surface area contributed by atoms with E-state index in [1.54, 1.807) is 6.07 Å². The average molecular weight is 423 g/mol. The number of nitrogens with zero attached hydrogens (tertiary/aromatic N) is 1. The minimum absolute atomic E-state index is 0.190. The lowest BCUT2D eigenvalue weighted by Gasteiger charge is -2.17. The van der Waals surface area contributed by atoms with Crippen molar-refractivity contribution < 1.29 is 31.6 Å². The molecule has 1 atom stereocenters. The smallest absolute Gasteiger partial charge is 0.406 e. The Balaban J connectivity index is 2.83. The van der Waals surface area contributed by atoms with E-state index in [1.165, 1.54) is 26.2 Å². The van der Waals surface area contributed by atoms with Crippen molar-refractivity contribution >= 4 is 17.8 Å². The van der Waals surface area contributed by atoms with E-state index >= 15 is 0 Å². The summed E-state index contributed by atoms with van der Waals surface area (Å²) in [5.74, 6) is -0.907. The van der Waals surface area contributed by atoms with Crippen LogP contribution >= 0.6 is 0 Å². The Hall–Kier alpha value is -1.94. The van der Waals surface area contributed by atoms with Gasteiger partial charge in [0.15, 0.2) is 11.5 Å². The molecule has 0 spiro atoms. The van der Waals surface area contributed by atoms with Crippen LogP contribution in [0.15, 0.2) is 18.2 Å². The van der Waals surface area contributed by atoms with Gasteiger partial charge in [0, 0.05) is 30.8 Å². The monoisotopic (exact) mass is 423 g/mol. The van der Waals surface area contributed by atoms with Crippen LogP contribution in [0.2, 0.25) is 0 Å². The highest BCUT2D eigenvalue weighted by Crippen LogP contribution is 2.34. The van der Waals surface area contributed by atoms with E-state index < -0.39 is 23.0 Å². The predicted octanol–water partition coefficient (Wildman–Crippen LogP) is 3.89. The number of rotatable bonds is 9. The Bertz CT molecular complexity index is 681. The third-order valence-corrected chi connectivity index (χ3v) is 4.60. The number of ether oxygens (including phenoxy) is 2. The molecule has 0 bridgehead atoms. The molecule has 10 heteroatoms. The number of alkyl halides is 3. The van der Waals surface area contributed by atoms with Gasteiger partial charge in [-0.15, -0.1) is 13.2 Å². The van der Waals surface area contributed by atoms with Crippen molar-refractivity contribution in [3.63, 3.8) is 0 Å². The van der Waals surface area contributed by atoms with E-state index in [2.05, 4.69) is 4.74 Å². The summed E-state index contributed by atoms with van der Waals surface area (Å²) in [4.78, 5) is 12.7. The fourth-order valence-electron chi connectivity index (χ4n) is 2.25. The summed E-state index contributed by atoms with van der Waals surface area (Å²) in [5.41, 5.74) is 6.62. The molecule has 0 heterocycles. The van der Waals surface area contributed by atoms with Gasteiger partial charge in [0.25, 0.3) is 0 Å². The first-order valence-corrected chi connectivity index (χ1v) is 9.41. The molecule has 0 aliphatic carbocycles. The standard InChI is InChI=1S/C18H26F3N2O4S/c1-17(2,28-25)10-9-13(22)7-5-12-6-8-14(26-16(24)23(3)4)15(11-12)27-18(19,20)21/h6,8,11,13H,5,7,9-10,22H2,1-4H3/q+1/t13-/m0/s1. The molecular formula is C18H26F3N2O4S+. The molecule has 6 nitrogen and oxygen atoms in total. The van der Waals surface area contributed by atoms with E-state index in [-0.39, 0.29) is 11.8 Å². The van der Waals surface area contributed by atoms with Gasteiger partial charge in [-0.3, -0.25) is 0 Å². The lowest BCUT2D eigenvalue weighted by molar-refractivity contribution is -0.275. The molecule has 0 aliphatic heterocycles. The molecule has 0 saturated heterocycles. The minimum atomic E-state index is -4.92. The zero-order valence-electron chi connectivity index (χ0n) is 16.3. The number of hydrogen-bond donors (Lipinski definition) is 1. The highest BCUT2D eigenvalue weighted by Gasteiger charge is 2.34. The number of amides is 1. The number of benzene rings is 1. The van der Waals surface area contributed by atoms with Crippen LogP contribution in [0.3, 0.4) is 0 Å². The van der Waals surface area contributed by atoms with Crippen LogP contribution in [0.25, 0.3) is 0 Å². The summed E-state index contributed by atoms with van der Waals surface area (Å²) in [6, 6.07) is 3.83. The largest absolute Gasteiger partial charge is 0.573 e. The van der Waals surface area contributed by atoms with Crippen molar-refractivity contribution in [3.8, 4) is 11.5 Å². The van der Waals surface area contributed by atoms with Crippen LogP contribution in [-0.4, -0.2) is 42.2 Å². The second-order valence-corrected chi connectivity index (χ2v) is 8.54. The maximum Gasteiger partial charge on any atom is 0.573 e. The van der Waals surface area contributed by atoms with Crippen molar-refractivity contribution in [3.05, 3.63) is 23.8 Å². The summed E-state index contributed by atoms with van der Waals surface area (Å²) in [5, 5.41) is 0. The van der Waals surface area contributed by atoms with E-state index in [4.69, 9.17) is 10.5 Å². The van der Waals surface area contributed by atoms with Crippen LogP contribution in [0.1, 0.15) is 38.7 Å². The number of nitrogens with two attached hydrogens (primary N) is 1. The van der Waals surface area contributed by atoms with Gasteiger partial charge in [-0.1, -0.05) is 6.07 Å². The van der Waals surface area contributed by atoms with Gasteiger partial charge in [0.2, 0.25) is 4.75 Å². The van der Waals surface area contributed by atoms with Crippen LogP contribution in [-0.2, 0) is 22.3 Å². The molecule has 1 aromatic carbocycles. The highest BCUT2D eigenvalue weighted by atomic mass is 32.1. The fraction of sp³-hybridized carbons (Fsp3) is 0.611. The molecular weight excluding hydrogens is 397 g/mol. The molecule has 0 fully saturated rings. The molecule has 2 N–H and O–H groups in total. The third kappa shape index (κ3) is 8.83. The first-order chi connectivity index (χ1) is 12.8. The van der Waals surface area contributed by atoms with Gasteiger partial charge >= 0.3 is 24.1 Å². The van der Waals surface area contributed by atoms with Crippen LogP contribution in [0.4, 0.5) is 18.0 Å². The number of carbonyl (C=O) groups is 1. The predicted molar refractivity (Wildman–Crippen MR) is 100 cm³/mol. The van der Waals surface area contributed by atoms with Crippen molar-refractivity contribution in [2.45, 2.75) is 56.7 Å². The highest BCUT2D eigenvalue weighted by molar-refractivity contribution is 7.67. The fourth-order valence-corrected chi connectivity index (χ4v) is 2.45. The number of hydrogen-bond acceptors (Lipinski definition) is 5. The van der Waals surface area contributed by atoms with Crippen molar-refractivity contribution in [1.82, 2.24) is 4.90 Å². The van der Waals surface area contributed by atoms with Gasteiger partial charge in [0.05, 0.1) is 0 Å². The Morgan fingerprint density at radius 2 is 1.86 bits per heavy atom. The van der Waals surface area contributed by atoms with Gasteiger partial charge < -0.3 is 20.1 Å². The molecule has 28 heavy (non-hydrogen) atoms. The average Bonchev–Trinajstić information content (AvgIpc) is 2.58. The minimum Gasteiger partial charge on any atom is -0.406 e. The second-order valence-electron chi connectivity index (χ2n) is 7.27. The number of halogens is 3. The van der Waals surface area contributed by atoms with E-state index in [0.717, 1.165) is 4.90 Å². The zero-order chi connectivity index (χ0) is 21.5. The lowest BCUT2D eigenvalue weighted by Crippen LogP contribution is -2.26. The van der Waals surface area contributed by atoms with E-state index in [1.807, 2.05) is 13.8 Å². The molecule has 0 unspecified atom stereocenters. The maximum absolute atomic E-state index is 12.7. The van der Waals surface area contributed by atoms with Crippen molar-refractivity contribution in [2.75, 3.05) is 14.1 Å². The molecule has 158 valence electrons. The Morgan fingerprint density at radius 1 is 1.21 bits per heavy atom. The molecule has 0 aromatic heterocycles. The summed E-state index contributed by atoms with van der Waals surface area (Å²) in [6.07, 6.45) is -3.52. The quantitative estimate of drug-likeness (QED) is 0.610. The third-order valence-electron chi connectivity index (χ3n) is 3.94. The normalized spacial score (nSPS) is 13.0. The zero-order valence-corrected chi connectivity index (χ0v) is 17.2. The van der Waals surface area contributed by atoms with Crippen molar-refractivity contribution in [1.29, 1.82) is 0 Å². The Morgan fingerprint density at radius 3 is 2.39 bits per heavy atom. The number of carbonyl (C=O) groups excluding carboxylic acids is 1. The summed E-state index contributed by atoms with van der Waals surface area (Å²) >= 11 is 0.526. The summed E-state index contributed by atoms with van der Waals surface area (Å²) in [7, 11) is 2.82. The summed E-state index contributed by atoms with van der Waals surface area (Å²) < 4.78 is 57.6. The Kier molecular flexibility index (Phi) is 8.62. The van der Waals surface area contributed by atoms with E-state index in [0.29, 0.717) is 42.9 Å². The van der Waals surface area contributed by atoms with Gasteiger partial charge in [0.1, 0.15) is 0 Å². The van der Waals surface area contributed by atoms with Gasteiger partial charge in [-0.2, -0.15) is 0 Å². The molecule has 1 amide bonds. The number of aryl methyl sites for hydroxylation is 1. The maximum atomic E-state index is 12.7. The summed E-state index contributed by atoms with van der Waals surface area (Å²) in [6.45, 7) is 3.68. The van der Waals surface area contributed by atoms with Crippen LogP contribution < -0.4 is 15.2 Å².